The number of carbonyl (C=O) groups excluding carboxylic acids is 1. The Hall–Kier alpha value is -1.86. The van der Waals surface area contributed by atoms with Crippen LogP contribution in [0.2, 0.25) is 0 Å². The van der Waals surface area contributed by atoms with E-state index in [2.05, 4.69) is 37.6 Å². The molecule has 4 heteroatoms. The molecular weight excluding hydrogens is 262 g/mol. The molecule has 0 spiro atoms. The summed E-state index contributed by atoms with van der Waals surface area (Å²) in [5.41, 5.74) is 6.72. The van der Waals surface area contributed by atoms with Crippen LogP contribution in [0.1, 0.15) is 43.2 Å². The van der Waals surface area contributed by atoms with Crippen molar-refractivity contribution >= 4 is 5.91 Å². The molecule has 1 aromatic rings. The van der Waals surface area contributed by atoms with Crippen LogP contribution in [0.15, 0.2) is 18.3 Å². The second kappa shape index (κ2) is 6.28. The van der Waals surface area contributed by atoms with Crippen LogP contribution in [0, 0.1) is 23.2 Å². The number of rotatable bonds is 1. The van der Waals surface area contributed by atoms with E-state index in [4.69, 9.17) is 5.73 Å². The first-order valence-electron chi connectivity index (χ1n) is 7.36. The van der Waals surface area contributed by atoms with Gasteiger partial charge in [0.2, 0.25) is 0 Å². The van der Waals surface area contributed by atoms with E-state index in [-0.39, 0.29) is 17.9 Å². The number of likely N-dealkylation sites (tertiary alicyclic amines) is 1. The van der Waals surface area contributed by atoms with Crippen LogP contribution in [-0.4, -0.2) is 35.4 Å². The van der Waals surface area contributed by atoms with E-state index in [1.165, 1.54) is 0 Å². The summed E-state index contributed by atoms with van der Waals surface area (Å²) >= 11 is 0. The summed E-state index contributed by atoms with van der Waals surface area (Å²) in [6.07, 6.45) is 2.68. The van der Waals surface area contributed by atoms with Crippen LogP contribution < -0.4 is 5.73 Å². The van der Waals surface area contributed by atoms with Crippen molar-refractivity contribution in [3.8, 4) is 11.8 Å². The second-order valence-corrected chi connectivity index (χ2v) is 6.51. The van der Waals surface area contributed by atoms with Crippen molar-refractivity contribution in [1.29, 1.82) is 0 Å². The molecule has 1 aliphatic heterocycles. The fourth-order valence-corrected chi connectivity index (χ4v) is 2.62. The Labute approximate surface area is 126 Å². The second-order valence-electron chi connectivity index (χ2n) is 6.51. The normalized spacial score (nSPS) is 18.3. The van der Waals surface area contributed by atoms with Crippen LogP contribution in [0.25, 0.3) is 0 Å². The number of amides is 1. The highest BCUT2D eigenvalue weighted by atomic mass is 16.2. The van der Waals surface area contributed by atoms with E-state index >= 15 is 0 Å². The third kappa shape index (κ3) is 3.62. The molecule has 1 atom stereocenters. The lowest BCUT2D eigenvalue weighted by atomic mass is 9.80. The number of carbonyl (C=O) groups is 1. The van der Waals surface area contributed by atoms with E-state index in [1.807, 2.05) is 11.0 Å². The maximum Gasteiger partial charge on any atom is 0.273 e. The van der Waals surface area contributed by atoms with Crippen LogP contribution in [0.4, 0.5) is 0 Å². The highest BCUT2D eigenvalue weighted by Gasteiger charge is 2.34. The molecule has 1 unspecified atom stereocenters. The number of pyridine rings is 1. The lowest BCUT2D eigenvalue weighted by Crippen LogP contribution is -2.32. The van der Waals surface area contributed by atoms with Gasteiger partial charge in [0, 0.05) is 19.3 Å². The molecule has 1 aliphatic rings. The lowest BCUT2D eigenvalue weighted by Gasteiger charge is -2.26. The van der Waals surface area contributed by atoms with Crippen molar-refractivity contribution in [2.45, 2.75) is 27.2 Å². The third-order valence-electron chi connectivity index (χ3n) is 4.04. The summed E-state index contributed by atoms with van der Waals surface area (Å²) in [5.74, 6) is 6.23. The van der Waals surface area contributed by atoms with E-state index < -0.39 is 0 Å². The molecule has 0 aliphatic carbocycles. The standard InChI is InChI=1S/C17H23N3O/c1-17(2,3)14-8-11-20(12-14)16(21)15-13(6-4-9-18)7-5-10-19-15/h5,7,10,14H,8-9,11-12,18H2,1-3H3. The van der Waals surface area contributed by atoms with Crippen molar-refractivity contribution < 1.29 is 4.79 Å². The predicted octanol–water partition coefficient (Wildman–Crippen LogP) is 1.90. The highest BCUT2D eigenvalue weighted by molar-refractivity contribution is 5.95. The van der Waals surface area contributed by atoms with Gasteiger partial charge in [0.05, 0.1) is 12.1 Å². The van der Waals surface area contributed by atoms with Crippen LogP contribution in [-0.2, 0) is 0 Å². The van der Waals surface area contributed by atoms with Gasteiger partial charge < -0.3 is 10.6 Å². The first kappa shape index (κ1) is 15.5. The fraction of sp³-hybridized carbons (Fsp3) is 0.529. The molecule has 4 nitrogen and oxygen atoms in total. The van der Waals surface area contributed by atoms with Gasteiger partial charge in [-0.15, -0.1) is 0 Å². The number of hydrogen-bond donors (Lipinski definition) is 1. The van der Waals surface area contributed by atoms with E-state index in [0.29, 0.717) is 17.2 Å². The zero-order valence-electron chi connectivity index (χ0n) is 13.0. The van der Waals surface area contributed by atoms with Crippen molar-refractivity contribution in [2.24, 2.45) is 17.1 Å². The molecule has 0 radical (unpaired) electrons. The van der Waals surface area contributed by atoms with Gasteiger partial charge in [-0.05, 0) is 29.9 Å². The first-order valence-corrected chi connectivity index (χ1v) is 7.36. The van der Waals surface area contributed by atoms with Gasteiger partial charge >= 0.3 is 0 Å². The predicted molar refractivity (Wildman–Crippen MR) is 83.6 cm³/mol. The van der Waals surface area contributed by atoms with Gasteiger partial charge in [0.25, 0.3) is 5.91 Å². The molecule has 21 heavy (non-hydrogen) atoms. The summed E-state index contributed by atoms with van der Waals surface area (Å²) in [7, 11) is 0. The average Bonchev–Trinajstić information content (AvgIpc) is 2.94. The monoisotopic (exact) mass is 285 g/mol. The molecule has 0 saturated carbocycles. The van der Waals surface area contributed by atoms with Crippen molar-refractivity contribution in [2.75, 3.05) is 19.6 Å². The molecule has 1 aromatic heterocycles. The van der Waals surface area contributed by atoms with Crippen LogP contribution >= 0.6 is 0 Å². The fourth-order valence-electron chi connectivity index (χ4n) is 2.62. The van der Waals surface area contributed by atoms with Gasteiger partial charge in [-0.1, -0.05) is 32.6 Å². The molecule has 112 valence electrons. The maximum atomic E-state index is 12.7. The quantitative estimate of drug-likeness (QED) is 0.802. The Morgan fingerprint density at radius 3 is 2.90 bits per heavy atom. The van der Waals surface area contributed by atoms with Crippen LogP contribution in [0.3, 0.4) is 0 Å². The first-order chi connectivity index (χ1) is 9.93. The largest absolute Gasteiger partial charge is 0.337 e. The van der Waals surface area contributed by atoms with Crippen molar-refractivity contribution in [1.82, 2.24) is 9.88 Å². The van der Waals surface area contributed by atoms with Crippen LogP contribution in [0.5, 0.6) is 0 Å². The van der Waals surface area contributed by atoms with E-state index in [0.717, 1.165) is 19.5 Å². The molecule has 2 rings (SSSR count). The summed E-state index contributed by atoms with van der Waals surface area (Å²) in [4.78, 5) is 18.8. The topological polar surface area (TPSA) is 59.2 Å². The minimum absolute atomic E-state index is 0.0244. The summed E-state index contributed by atoms with van der Waals surface area (Å²) in [6.45, 7) is 8.54. The maximum absolute atomic E-state index is 12.7. The Morgan fingerprint density at radius 1 is 1.52 bits per heavy atom. The molecular formula is C17H23N3O. The summed E-state index contributed by atoms with van der Waals surface area (Å²) in [5, 5.41) is 0. The summed E-state index contributed by atoms with van der Waals surface area (Å²) in [6, 6.07) is 3.61. The van der Waals surface area contributed by atoms with Gasteiger partial charge in [0.1, 0.15) is 5.69 Å². The van der Waals surface area contributed by atoms with Gasteiger partial charge in [0.15, 0.2) is 0 Å². The minimum Gasteiger partial charge on any atom is -0.337 e. The third-order valence-corrected chi connectivity index (χ3v) is 4.04. The van der Waals surface area contributed by atoms with Gasteiger partial charge in [-0.3, -0.25) is 4.79 Å². The highest BCUT2D eigenvalue weighted by Crippen LogP contribution is 2.34. The zero-order valence-corrected chi connectivity index (χ0v) is 13.0. The Balaban J connectivity index is 2.18. The average molecular weight is 285 g/mol. The van der Waals surface area contributed by atoms with Crippen molar-refractivity contribution in [3.63, 3.8) is 0 Å². The Bertz CT molecular complexity index is 578. The number of aromatic nitrogens is 1. The molecule has 2 heterocycles. The van der Waals surface area contributed by atoms with Gasteiger partial charge in [-0.25, -0.2) is 4.98 Å². The number of hydrogen-bond acceptors (Lipinski definition) is 3. The molecule has 2 N–H and O–H groups in total. The minimum atomic E-state index is -0.0244. The number of nitrogens with two attached hydrogens (primary N) is 1. The smallest absolute Gasteiger partial charge is 0.273 e. The van der Waals surface area contributed by atoms with E-state index in [1.54, 1.807) is 12.3 Å². The van der Waals surface area contributed by atoms with Crippen molar-refractivity contribution in [3.05, 3.63) is 29.6 Å². The zero-order chi connectivity index (χ0) is 15.5. The lowest BCUT2D eigenvalue weighted by molar-refractivity contribution is 0.0770. The SMILES string of the molecule is CC(C)(C)C1CCN(C(=O)c2ncccc2C#CCN)C1. The van der Waals surface area contributed by atoms with E-state index in [9.17, 15) is 4.79 Å². The van der Waals surface area contributed by atoms with Gasteiger partial charge in [-0.2, -0.15) is 0 Å². The Morgan fingerprint density at radius 2 is 2.29 bits per heavy atom. The summed E-state index contributed by atoms with van der Waals surface area (Å²) < 4.78 is 0. The number of nitrogens with zero attached hydrogens (tertiary/aromatic N) is 2. The molecule has 0 aromatic carbocycles. The molecule has 1 fully saturated rings. The molecule has 1 amide bonds. The molecule has 1 saturated heterocycles. The molecule has 0 bridgehead atoms. The Kier molecular flexibility index (Phi) is 4.64.